The Morgan fingerprint density at radius 3 is 2.67 bits per heavy atom. The minimum Gasteiger partial charge on any atom is -0.469 e. The van der Waals surface area contributed by atoms with E-state index in [9.17, 15) is 4.79 Å². The Hall–Kier alpha value is -0.570. The van der Waals surface area contributed by atoms with Gasteiger partial charge in [0.05, 0.1) is 13.0 Å². The van der Waals surface area contributed by atoms with Crippen molar-refractivity contribution in [3.8, 4) is 0 Å². The molecule has 0 rings (SSSR count). The van der Waals surface area contributed by atoms with Crippen molar-refractivity contribution in [1.29, 1.82) is 0 Å². The van der Waals surface area contributed by atoms with E-state index in [0.717, 1.165) is 0 Å². The van der Waals surface area contributed by atoms with Crippen LogP contribution in [0.5, 0.6) is 0 Å². The molecule has 0 aromatic heterocycles. The van der Waals surface area contributed by atoms with E-state index in [1.165, 1.54) is 7.11 Å². The maximum absolute atomic E-state index is 10.6. The Morgan fingerprint density at radius 1 is 1.78 bits per heavy atom. The predicted octanol–water partition coefficient (Wildman–Crippen LogP) is 0.144. The number of hydrogen-bond donors (Lipinski definition) is 1. The molecule has 0 bridgehead atoms. The second-order valence-corrected chi connectivity index (χ2v) is 2.00. The summed E-state index contributed by atoms with van der Waals surface area (Å²) in [5, 5.41) is 0. The normalized spacial score (nSPS) is 12.8. The third-order valence-corrected chi connectivity index (χ3v) is 1.20. The number of hydrogen-bond acceptors (Lipinski definition) is 3. The summed E-state index contributed by atoms with van der Waals surface area (Å²) in [5.41, 5.74) is 5.21. The molecule has 54 valence electrons. The molecular formula is C6H13NO2. The fourth-order valence-corrected chi connectivity index (χ4v) is 0.569. The molecule has 0 heterocycles. The highest BCUT2D eigenvalue weighted by Crippen LogP contribution is 2.00. The fraction of sp³-hybridized carbons (Fsp3) is 0.833. The van der Waals surface area contributed by atoms with Crippen molar-refractivity contribution < 1.29 is 9.53 Å². The van der Waals surface area contributed by atoms with E-state index in [-0.39, 0.29) is 11.9 Å². The third-order valence-electron chi connectivity index (χ3n) is 1.20. The smallest absolute Gasteiger partial charge is 0.308 e. The molecule has 0 amide bonds. The van der Waals surface area contributed by atoms with Crippen LogP contribution in [0.2, 0.25) is 0 Å². The molecule has 2 N–H and O–H groups in total. The number of carbonyl (C=O) groups excluding carboxylic acids is 1. The zero-order chi connectivity index (χ0) is 7.28. The topological polar surface area (TPSA) is 52.3 Å². The summed E-state index contributed by atoms with van der Waals surface area (Å²) in [6, 6.07) is 0. The van der Waals surface area contributed by atoms with Crippen molar-refractivity contribution in [2.75, 3.05) is 13.7 Å². The zero-order valence-electron chi connectivity index (χ0n) is 5.89. The Balaban J connectivity index is 3.45. The van der Waals surface area contributed by atoms with Gasteiger partial charge in [-0.2, -0.15) is 0 Å². The van der Waals surface area contributed by atoms with Gasteiger partial charge in [0.25, 0.3) is 0 Å². The van der Waals surface area contributed by atoms with E-state index >= 15 is 0 Å². The second kappa shape index (κ2) is 4.32. The lowest BCUT2D eigenvalue weighted by Gasteiger charge is -2.05. The van der Waals surface area contributed by atoms with Crippen LogP contribution < -0.4 is 5.73 Å². The summed E-state index contributed by atoms with van der Waals surface area (Å²) in [4.78, 5) is 10.6. The van der Waals surface area contributed by atoms with Crippen LogP contribution >= 0.6 is 0 Å². The van der Waals surface area contributed by atoms with Crippen molar-refractivity contribution in [1.82, 2.24) is 0 Å². The first-order valence-electron chi connectivity index (χ1n) is 3.00. The lowest BCUT2D eigenvalue weighted by Crippen LogP contribution is -2.16. The monoisotopic (exact) mass is 131 g/mol. The van der Waals surface area contributed by atoms with Crippen LogP contribution in [0.1, 0.15) is 13.3 Å². The second-order valence-electron chi connectivity index (χ2n) is 2.00. The number of nitrogens with two attached hydrogens (primary N) is 1. The van der Waals surface area contributed by atoms with Gasteiger partial charge >= 0.3 is 5.97 Å². The van der Waals surface area contributed by atoms with E-state index in [1.807, 2.05) is 0 Å². The van der Waals surface area contributed by atoms with Gasteiger partial charge in [0.15, 0.2) is 0 Å². The quantitative estimate of drug-likeness (QED) is 0.554. The molecule has 0 radical (unpaired) electrons. The standard InChI is InChI=1S/C6H13NO2/c1-5(3-4-7)6(8)9-2/h5H,3-4,7H2,1-2H3. The largest absolute Gasteiger partial charge is 0.469 e. The highest BCUT2D eigenvalue weighted by Gasteiger charge is 2.10. The van der Waals surface area contributed by atoms with Gasteiger partial charge in [-0.25, -0.2) is 0 Å². The molecule has 3 heteroatoms. The lowest BCUT2D eigenvalue weighted by atomic mass is 10.1. The Labute approximate surface area is 55.2 Å². The van der Waals surface area contributed by atoms with Crippen molar-refractivity contribution >= 4 is 5.97 Å². The van der Waals surface area contributed by atoms with E-state index < -0.39 is 0 Å². The van der Waals surface area contributed by atoms with Gasteiger partial charge in [-0.3, -0.25) is 4.79 Å². The zero-order valence-corrected chi connectivity index (χ0v) is 5.89. The van der Waals surface area contributed by atoms with E-state index in [2.05, 4.69) is 4.74 Å². The Morgan fingerprint density at radius 2 is 2.33 bits per heavy atom. The average Bonchev–Trinajstić information content (AvgIpc) is 1.87. The van der Waals surface area contributed by atoms with Crippen molar-refractivity contribution in [2.45, 2.75) is 13.3 Å². The molecule has 0 saturated heterocycles. The summed E-state index contributed by atoms with van der Waals surface area (Å²) in [7, 11) is 1.38. The van der Waals surface area contributed by atoms with Crippen LogP contribution in [0.4, 0.5) is 0 Å². The van der Waals surface area contributed by atoms with Gasteiger partial charge in [0.1, 0.15) is 0 Å². The number of ether oxygens (including phenoxy) is 1. The van der Waals surface area contributed by atoms with Crippen molar-refractivity contribution in [3.63, 3.8) is 0 Å². The molecule has 0 aliphatic heterocycles. The molecule has 0 aliphatic carbocycles. The maximum Gasteiger partial charge on any atom is 0.308 e. The van der Waals surface area contributed by atoms with Gasteiger partial charge < -0.3 is 10.5 Å². The van der Waals surface area contributed by atoms with Crippen molar-refractivity contribution in [2.24, 2.45) is 11.7 Å². The van der Waals surface area contributed by atoms with Gasteiger partial charge in [-0.15, -0.1) is 0 Å². The van der Waals surface area contributed by atoms with E-state index in [0.29, 0.717) is 13.0 Å². The molecule has 0 aromatic carbocycles. The summed E-state index contributed by atoms with van der Waals surface area (Å²) in [5.74, 6) is -0.236. The SMILES string of the molecule is COC(=O)C(C)CCN. The molecule has 0 aromatic rings. The van der Waals surface area contributed by atoms with E-state index in [1.54, 1.807) is 6.92 Å². The van der Waals surface area contributed by atoms with Crippen LogP contribution in [0.3, 0.4) is 0 Å². The minimum atomic E-state index is -0.180. The summed E-state index contributed by atoms with van der Waals surface area (Å²) >= 11 is 0. The first-order chi connectivity index (χ1) is 4.22. The van der Waals surface area contributed by atoms with Crippen LogP contribution in [0.15, 0.2) is 0 Å². The van der Waals surface area contributed by atoms with Gasteiger partial charge in [0.2, 0.25) is 0 Å². The predicted molar refractivity (Wildman–Crippen MR) is 34.9 cm³/mol. The third kappa shape index (κ3) is 3.08. The molecule has 0 fully saturated rings. The number of methoxy groups -OCH3 is 1. The van der Waals surface area contributed by atoms with Crippen LogP contribution in [-0.4, -0.2) is 19.6 Å². The Kier molecular flexibility index (Phi) is 4.05. The highest BCUT2D eigenvalue weighted by molar-refractivity contribution is 5.71. The minimum absolute atomic E-state index is 0.0556. The summed E-state index contributed by atoms with van der Waals surface area (Å²) in [6.45, 7) is 2.34. The van der Waals surface area contributed by atoms with Crippen LogP contribution in [0.25, 0.3) is 0 Å². The van der Waals surface area contributed by atoms with Crippen LogP contribution in [0, 0.1) is 5.92 Å². The van der Waals surface area contributed by atoms with Gasteiger partial charge in [0, 0.05) is 0 Å². The first-order valence-corrected chi connectivity index (χ1v) is 3.00. The number of esters is 1. The molecular weight excluding hydrogens is 118 g/mol. The molecule has 1 unspecified atom stereocenters. The molecule has 3 nitrogen and oxygen atoms in total. The Bertz CT molecular complexity index is 93.1. The summed E-state index contributed by atoms with van der Waals surface area (Å²) in [6.07, 6.45) is 0.701. The number of rotatable bonds is 3. The average molecular weight is 131 g/mol. The summed E-state index contributed by atoms with van der Waals surface area (Å²) < 4.78 is 4.47. The highest BCUT2D eigenvalue weighted by atomic mass is 16.5. The first kappa shape index (κ1) is 8.43. The molecule has 9 heavy (non-hydrogen) atoms. The van der Waals surface area contributed by atoms with Crippen molar-refractivity contribution in [3.05, 3.63) is 0 Å². The molecule has 0 saturated carbocycles. The maximum atomic E-state index is 10.6. The molecule has 0 aliphatic rings. The van der Waals surface area contributed by atoms with Gasteiger partial charge in [-0.1, -0.05) is 6.92 Å². The van der Waals surface area contributed by atoms with Gasteiger partial charge in [-0.05, 0) is 13.0 Å². The lowest BCUT2D eigenvalue weighted by molar-refractivity contribution is -0.144. The number of carbonyl (C=O) groups is 1. The fourth-order valence-electron chi connectivity index (χ4n) is 0.569. The van der Waals surface area contributed by atoms with Crippen LogP contribution in [-0.2, 0) is 9.53 Å². The molecule has 1 atom stereocenters. The molecule has 0 spiro atoms. The van der Waals surface area contributed by atoms with E-state index in [4.69, 9.17) is 5.73 Å².